The highest BCUT2D eigenvalue weighted by Gasteiger charge is 2.21. The summed E-state index contributed by atoms with van der Waals surface area (Å²) in [5.74, 6) is 1.74. The van der Waals surface area contributed by atoms with Crippen LogP contribution < -0.4 is 0 Å². The van der Waals surface area contributed by atoms with Crippen LogP contribution in [0.1, 0.15) is 82.3 Å². The lowest BCUT2D eigenvalue weighted by Crippen LogP contribution is -2.12. The van der Waals surface area contributed by atoms with Crippen molar-refractivity contribution >= 4 is 10.8 Å². The standard InChI is InChI=1S/C29H36/c1-3-5-6-7-23-10-13-29-21-28(19-18-27(29)20-23)26-16-14-25(15-17-26)24-11-8-22(4-2)9-12-24/h10,13-22,24H,3-9,11-12H2,1-2H3. The van der Waals surface area contributed by atoms with Gasteiger partial charge >= 0.3 is 0 Å². The summed E-state index contributed by atoms with van der Waals surface area (Å²) in [6.07, 6.45) is 12.0. The Morgan fingerprint density at radius 1 is 0.690 bits per heavy atom. The van der Waals surface area contributed by atoms with E-state index < -0.39 is 0 Å². The summed E-state index contributed by atoms with van der Waals surface area (Å²) in [6, 6.07) is 23.4. The first-order valence-electron chi connectivity index (χ1n) is 11.9. The molecule has 0 amide bonds. The molecule has 0 heteroatoms. The Kier molecular flexibility index (Phi) is 6.70. The number of hydrogen-bond acceptors (Lipinski definition) is 0. The second kappa shape index (κ2) is 9.61. The summed E-state index contributed by atoms with van der Waals surface area (Å²) in [5.41, 5.74) is 5.68. The van der Waals surface area contributed by atoms with Gasteiger partial charge in [-0.05, 0) is 89.5 Å². The van der Waals surface area contributed by atoms with Gasteiger partial charge < -0.3 is 0 Å². The molecule has 0 radical (unpaired) electrons. The van der Waals surface area contributed by atoms with Gasteiger partial charge in [0, 0.05) is 0 Å². The molecule has 1 fully saturated rings. The Morgan fingerprint density at radius 3 is 2.10 bits per heavy atom. The average Bonchev–Trinajstić information content (AvgIpc) is 2.79. The Balaban J connectivity index is 1.47. The van der Waals surface area contributed by atoms with E-state index in [1.165, 1.54) is 85.3 Å². The van der Waals surface area contributed by atoms with E-state index in [1.54, 1.807) is 5.56 Å². The first-order chi connectivity index (χ1) is 14.3. The van der Waals surface area contributed by atoms with Crippen LogP contribution in [0, 0.1) is 5.92 Å². The van der Waals surface area contributed by atoms with Crippen molar-refractivity contribution in [3.63, 3.8) is 0 Å². The third-order valence-electron chi connectivity index (χ3n) is 7.11. The molecular formula is C29H36. The van der Waals surface area contributed by atoms with Crippen molar-refractivity contribution in [1.29, 1.82) is 0 Å². The summed E-state index contributed by atoms with van der Waals surface area (Å²) in [5, 5.41) is 2.72. The van der Waals surface area contributed by atoms with Crippen LogP contribution in [0.3, 0.4) is 0 Å². The third kappa shape index (κ3) is 4.92. The molecule has 29 heavy (non-hydrogen) atoms. The SMILES string of the molecule is CCCCCc1ccc2cc(-c3ccc(C4CCC(CC)CC4)cc3)ccc2c1. The molecule has 0 aliphatic heterocycles. The number of rotatable bonds is 7. The summed E-state index contributed by atoms with van der Waals surface area (Å²) in [6.45, 7) is 4.61. The van der Waals surface area contributed by atoms with Crippen LogP contribution in [0.5, 0.6) is 0 Å². The van der Waals surface area contributed by atoms with E-state index in [-0.39, 0.29) is 0 Å². The molecule has 0 atom stereocenters. The van der Waals surface area contributed by atoms with Crippen molar-refractivity contribution in [2.75, 3.05) is 0 Å². The van der Waals surface area contributed by atoms with Gasteiger partial charge in [-0.3, -0.25) is 0 Å². The Labute approximate surface area is 177 Å². The van der Waals surface area contributed by atoms with E-state index in [2.05, 4.69) is 74.5 Å². The molecular weight excluding hydrogens is 348 g/mol. The van der Waals surface area contributed by atoms with Crippen LogP contribution in [-0.2, 0) is 6.42 Å². The zero-order valence-corrected chi connectivity index (χ0v) is 18.3. The minimum absolute atomic E-state index is 0.773. The molecule has 0 nitrogen and oxygen atoms in total. The van der Waals surface area contributed by atoms with Gasteiger partial charge in [0.15, 0.2) is 0 Å². The predicted octanol–water partition coefficient (Wildman–Crippen LogP) is 8.92. The normalized spacial score (nSPS) is 19.5. The first-order valence-corrected chi connectivity index (χ1v) is 11.9. The van der Waals surface area contributed by atoms with Gasteiger partial charge in [-0.15, -0.1) is 0 Å². The van der Waals surface area contributed by atoms with Crippen molar-refractivity contribution in [3.8, 4) is 11.1 Å². The number of hydrogen-bond donors (Lipinski definition) is 0. The highest BCUT2D eigenvalue weighted by Crippen LogP contribution is 2.37. The van der Waals surface area contributed by atoms with Crippen molar-refractivity contribution in [2.24, 2.45) is 5.92 Å². The van der Waals surface area contributed by atoms with Gasteiger partial charge in [0.05, 0.1) is 0 Å². The van der Waals surface area contributed by atoms with Crippen LogP contribution in [-0.4, -0.2) is 0 Å². The second-order valence-electron chi connectivity index (χ2n) is 9.10. The number of aryl methyl sites for hydroxylation is 1. The molecule has 1 aliphatic carbocycles. The van der Waals surface area contributed by atoms with E-state index in [0.29, 0.717) is 0 Å². The fourth-order valence-electron chi connectivity index (χ4n) is 5.06. The molecule has 3 aromatic carbocycles. The second-order valence-corrected chi connectivity index (χ2v) is 9.10. The van der Waals surface area contributed by atoms with Crippen LogP contribution in [0.2, 0.25) is 0 Å². The summed E-state index contributed by atoms with van der Waals surface area (Å²) < 4.78 is 0. The van der Waals surface area contributed by atoms with Crippen molar-refractivity contribution in [1.82, 2.24) is 0 Å². The molecule has 0 saturated heterocycles. The fraction of sp³-hybridized carbons (Fsp3) is 0.448. The smallest absolute Gasteiger partial charge is 0.0162 e. The lowest BCUT2D eigenvalue weighted by molar-refractivity contribution is 0.319. The maximum atomic E-state index is 2.38. The molecule has 0 heterocycles. The van der Waals surface area contributed by atoms with Gasteiger partial charge in [-0.2, -0.15) is 0 Å². The molecule has 4 rings (SSSR count). The largest absolute Gasteiger partial charge is 0.0654 e. The molecule has 0 bridgehead atoms. The van der Waals surface area contributed by atoms with Gasteiger partial charge in [0.2, 0.25) is 0 Å². The van der Waals surface area contributed by atoms with E-state index in [9.17, 15) is 0 Å². The highest BCUT2D eigenvalue weighted by molar-refractivity contribution is 5.87. The quantitative estimate of drug-likeness (QED) is 0.357. The Hall–Kier alpha value is -2.08. The van der Waals surface area contributed by atoms with E-state index in [0.717, 1.165) is 11.8 Å². The van der Waals surface area contributed by atoms with Crippen LogP contribution >= 0.6 is 0 Å². The van der Waals surface area contributed by atoms with Gasteiger partial charge in [-0.25, -0.2) is 0 Å². The minimum atomic E-state index is 0.773. The van der Waals surface area contributed by atoms with E-state index in [1.807, 2.05) is 0 Å². The van der Waals surface area contributed by atoms with Gasteiger partial charge in [0.25, 0.3) is 0 Å². The molecule has 1 aliphatic rings. The predicted molar refractivity (Wildman–Crippen MR) is 128 cm³/mol. The summed E-state index contributed by atoms with van der Waals surface area (Å²) >= 11 is 0. The zero-order chi connectivity index (χ0) is 20.1. The van der Waals surface area contributed by atoms with Gasteiger partial charge in [0.1, 0.15) is 0 Å². The van der Waals surface area contributed by atoms with Crippen LogP contribution in [0.15, 0.2) is 60.7 Å². The number of benzene rings is 3. The number of fused-ring (bicyclic) bond motifs is 1. The van der Waals surface area contributed by atoms with Crippen molar-refractivity contribution in [2.45, 2.75) is 77.6 Å². The zero-order valence-electron chi connectivity index (χ0n) is 18.3. The van der Waals surface area contributed by atoms with Crippen LogP contribution in [0.25, 0.3) is 21.9 Å². The molecule has 152 valence electrons. The van der Waals surface area contributed by atoms with E-state index >= 15 is 0 Å². The van der Waals surface area contributed by atoms with E-state index in [4.69, 9.17) is 0 Å². The third-order valence-corrected chi connectivity index (χ3v) is 7.11. The molecule has 3 aromatic rings. The maximum absolute atomic E-state index is 2.38. The summed E-state index contributed by atoms with van der Waals surface area (Å²) in [7, 11) is 0. The fourth-order valence-corrected chi connectivity index (χ4v) is 5.06. The Morgan fingerprint density at radius 2 is 1.38 bits per heavy atom. The first kappa shape index (κ1) is 20.2. The molecule has 0 aromatic heterocycles. The number of unbranched alkanes of at least 4 members (excludes halogenated alkanes) is 2. The van der Waals surface area contributed by atoms with Crippen molar-refractivity contribution in [3.05, 3.63) is 71.8 Å². The molecule has 1 saturated carbocycles. The monoisotopic (exact) mass is 384 g/mol. The minimum Gasteiger partial charge on any atom is -0.0654 e. The average molecular weight is 385 g/mol. The Bertz CT molecular complexity index is 910. The highest BCUT2D eigenvalue weighted by atomic mass is 14.3. The topological polar surface area (TPSA) is 0 Å². The lowest BCUT2D eigenvalue weighted by atomic mass is 9.77. The summed E-state index contributed by atoms with van der Waals surface area (Å²) in [4.78, 5) is 0. The lowest BCUT2D eigenvalue weighted by Gasteiger charge is -2.28. The molecule has 0 spiro atoms. The van der Waals surface area contributed by atoms with Crippen LogP contribution in [0.4, 0.5) is 0 Å². The molecule has 0 N–H and O–H groups in total. The molecule has 0 unspecified atom stereocenters. The maximum Gasteiger partial charge on any atom is -0.0162 e. The van der Waals surface area contributed by atoms with Gasteiger partial charge in [-0.1, -0.05) is 87.7 Å². The van der Waals surface area contributed by atoms with Crippen molar-refractivity contribution < 1.29 is 0 Å².